The van der Waals surface area contributed by atoms with E-state index in [0.29, 0.717) is 12.0 Å². The van der Waals surface area contributed by atoms with Crippen molar-refractivity contribution in [3.8, 4) is 0 Å². The summed E-state index contributed by atoms with van der Waals surface area (Å²) in [4.78, 5) is 4.59. The second kappa shape index (κ2) is 6.12. The molecule has 2 atom stereocenters. The summed E-state index contributed by atoms with van der Waals surface area (Å²) in [6, 6.07) is 4.55. The Bertz CT molecular complexity index is 442. The molecule has 1 aliphatic carbocycles. The van der Waals surface area contributed by atoms with E-state index >= 15 is 0 Å². The summed E-state index contributed by atoms with van der Waals surface area (Å²) in [6.07, 6.45) is 9.34. The van der Waals surface area contributed by atoms with Gasteiger partial charge in [0.15, 0.2) is 0 Å². The van der Waals surface area contributed by atoms with Crippen molar-refractivity contribution in [1.29, 1.82) is 0 Å². The zero-order valence-electron chi connectivity index (χ0n) is 12.1. The molecule has 0 bridgehead atoms. The van der Waals surface area contributed by atoms with Crippen molar-refractivity contribution in [1.82, 2.24) is 10.3 Å². The van der Waals surface area contributed by atoms with Crippen molar-refractivity contribution in [3.05, 3.63) is 28.5 Å². The van der Waals surface area contributed by atoms with E-state index < -0.39 is 0 Å². The van der Waals surface area contributed by atoms with Gasteiger partial charge in [0, 0.05) is 17.3 Å². The summed E-state index contributed by atoms with van der Waals surface area (Å²) in [7, 11) is 2.05. The van der Waals surface area contributed by atoms with Crippen molar-refractivity contribution < 1.29 is 4.74 Å². The van der Waals surface area contributed by atoms with Crippen LogP contribution >= 0.6 is 15.9 Å². The maximum absolute atomic E-state index is 6.15. The van der Waals surface area contributed by atoms with Crippen molar-refractivity contribution in [2.75, 3.05) is 13.7 Å². The molecule has 1 spiro atoms. The Morgan fingerprint density at radius 2 is 2.20 bits per heavy atom. The summed E-state index contributed by atoms with van der Waals surface area (Å²) in [5, 5.41) is 3.48. The van der Waals surface area contributed by atoms with Crippen LogP contribution in [0.3, 0.4) is 0 Å². The minimum Gasteiger partial charge on any atom is -0.375 e. The minimum atomic E-state index is 0.174. The van der Waals surface area contributed by atoms with Gasteiger partial charge in [-0.2, -0.15) is 0 Å². The van der Waals surface area contributed by atoms with Gasteiger partial charge in [-0.05, 0) is 66.7 Å². The predicted octanol–water partition coefficient (Wildman–Crippen LogP) is 3.84. The lowest BCUT2D eigenvalue weighted by Crippen LogP contribution is -2.41. The van der Waals surface area contributed by atoms with Crippen LogP contribution < -0.4 is 5.32 Å². The zero-order valence-corrected chi connectivity index (χ0v) is 13.7. The van der Waals surface area contributed by atoms with Crippen LogP contribution in [0, 0.1) is 5.92 Å². The molecule has 1 saturated heterocycles. The summed E-state index contributed by atoms with van der Waals surface area (Å²) in [5.41, 5.74) is 1.32. The number of ether oxygens (including phenoxy) is 1. The number of rotatable bonds is 3. The van der Waals surface area contributed by atoms with E-state index in [4.69, 9.17) is 4.74 Å². The van der Waals surface area contributed by atoms with E-state index in [1.165, 1.54) is 32.1 Å². The standard InChI is InChI=1S/C16H23BrN2O/c1-18-15(14-5-4-13(17)11-19-14)12-6-9-20-16(10-12)7-2-3-8-16/h4-5,11-12,15,18H,2-3,6-10H2,1H3. The smallest absolute Gasteiger partial charge is 0.0686 e. The maximum Gasteiger partial charge on any atom is 0.0686 e. The van der Waals surface area contributed by atoms with Gasteiger partial charge in [0.1, 0.15) is 0 Å². The molecular formula is C16H23BrN2O. The Morgan fingerprint density at radius 3 is 2.85 bits per heavy atom. The minimum absolute atomic E-state index is 0.174. The molecule has 3 rings (SSSR count). The highest BCUT2D eigenvalue weighted by Crippen LogP contribution is 2.45. The van der Waals surface area contributed by atoms with Crippen LogP contribution in [-0.4, -0.2) is 24.2 Å². The topological polar surface area (TPSA) is 34.2 Å². The van der Waals surface area contributed by atoms with Gasteiger partial charge in [0.05, 0.1) is 17.3 Å². The summed E-state index contributed by atoms with van der Waals surface area (Å²) >= 11 is 3.46. The van der Waals surface area contributed by atoms with Gasteiger partial charge in [-0.1, -0.05) is 12.8 Å². The molecule has 20 heavy (non-hydrogen) atoms. The molecule has 1 aromatic heterocycles. The Kier molecular flexibility index (Phi) is 4.43. The molecule has 2 aliphatic rings. The quantitative estimate of drug-likeness (QED) is 0.908. The molecule has 2 heterocycles. The van der Waals surface area contributed by atoms with Crippen molar-refractivity contribution in [3.63, 3.8) is 0 Å². The summed E-state index contributed by atoms with van der Waals surface area (Å²) in [5.74, 6) is 0.625. The van der Waals surface area contributed by atoms with E-state index in [1.807, 2.05) is 13.2 Å². The molecule has 1 aromatic rings. The number of pyridine rings is 1. The fourth-order valence-corrected chi connectivity index (χ4v) is 4.15. The monoisotopic (exact) mass is 338 g/mol. The molecule has 0 amide bonds. The normalized spacial score (nSPS) is 26.8. The lowest BCUT2D eigenvalue weighted by atomic mass is 9.79. The largest absolute Gasteiger partial charge is 0.375 e. The molecular weight excluding hydrogens is 316 g/mol. The second-order valence-corrected chi connectivity index (χ2v) is 7.07. The van der Waals surface area contributed by atoms with Gasteiger partial charge in [-0.25, -0.2) is 0 Å². The van der Waals surface area contributed by atoms with Crippen molar-refractivity contribution in [2.24, 2.45) is 5.92 Å². The van der Waals surface area contributed by atoms with Crippen LogP contribution in [0.15, 0.2) is 22.8 Å². The highest BCUT2D eigenvalue weighted by Gasteiger charge is 2.42. The maximum atomic E-state index is 6.15. The van der Waals surface area contributed by atoms with Crippen molar-refractivity contribution in [2.45, 2.75) is 50.2 Å². The van der Waals surface area contributed by atoms with E-state index in [-0.39, 0.29) is 5.60 Å². The van der Waals surface area contributed by atoms with Crippen molar-refractivity contribution >= 4 is 15.9 Å². The van der Waals surface area contributed by atoms with Gasteiger partial charge < -0.3 is 10.1 Å². The Labute approximate surface area is 129 Å². The molecule has 1 N–H and O–H groups in total. The zero-order chi connectivity index (χ0) is 14.0. The van der Waals surface area contributed by atoms with E-state index in [2.05, 4.69) is 38.4 Å². The molecule has 2 unspecified atom stereocenters. The first kappa shape index (κ1) is 14.5. The fourth-order valence-electron chi connectivity index (χ4n) is 3.91. The number of halogens is 1. The Balaban J connectivity index is 1.76. The molecule has 0 aromatic carbocycles. The van der Waals surface area contributed by atoms with Crippen LogP contribution in [0.25, 0.3) is 0 Å². The van der Waals surface area contributed by atoms with Crippen LogP contribution in [0.5, 0.6) is 0 Å². The van der Waals surface area contributed by atoms with Crippen LogP contribution in [0.4, 0.5) is 0 Å². The SMILES string of the molecule is CNC(c1ccc(Br)cn1)C1CCOC2(CCCC2)C1. The molecule has 1 aliphatic heterocycles. The number of hydrogen-bond acceptors (Lipinski definition) is 3. The average molecular weight is 339 g/mol. The van der Waals surface area contributed by atoms with Gasteiger partial charge in [-0.15, -0.1) is 0 Å². The molecule has 3 nitrogen and oxygen atoms in total. The van der Waals surface area contributed by atoms with E-state index in [9.17, 15) is 0 Å². The number of hydrogen-bond donors (Lipinski definition) is 1. The number of aromatic nitrogens is 1. The Hall–Kier alpha value is -0.450. The van der Waals surface area contributed by atoms with Crippen LogP contribution in [0.2, 0.25) is 0 Å². The first-order valence-corrected chi connectivity index (χ1v) is 8.44. The van der Waals surface area contributed by atoms with E-state index in [1.54, 1.807) is 0 Å². The first-order valence-electron chi connectivity index (χ1n) is 7.65. The fraction of sp³-hybridized carbons (Fsp3) is 0.688. The third-order valence-electron chi connectivity index (χ3n) is 4.90. The Morgan fingerprint density at radius 1 is 1.40 bits per heavy atom. The van der Waals surface area contributed by atoms with Gasteiger partial charge in [0.25, 0.3) is 0 Å². The third-order valence-corrected chi connectivity index (χ3v) is 5.37. The summed E-state index contributed by atoms with van der Waals surface area (Å²) < 4.78 is 7.19. The lowest BCUT2D eigenvalue weighted by Gasteiger charge is -2.41. The van der Waals surface area contributed by atoms with Crippen LogP contribution in [-0.2, 0) is 4.74 Å². The summed E-state index contributed by atoms with van der Waals surface area (Å²) in [6.45, 7) is 0.902. The van der Waals surface area contributed by atoms with Gasteiger partial charge >= 0.3 is 0 Å². The highest BCUT2D eigenvalue weighted by atomic mass is 79.9. The predicted molar refractivity (Wildman–Crippen MR) is 83.6 cm³/mol. The number of nitrogens with zero attached hydrogens (tertiary/aromatic N) is 1. The highest BCUT2D eigenvalue weighted by molar-refractivity contribution is 9.10. The number of nitrogens with one attached hydrogen (secondary N) is 1. The van der Waals surface area contributed by atoms with Gasteiger partial charge in [-0.3, -0.25) is 4.98 Å². The lowest BCUT2D eigenvalue weighted by molar-refractivity contribution is -0.0980. The average Bonchev–Trinajstić information content (AvgIpc) is 2.90. The second-order valence-electron chi connectivity index (χ2n) is 6.16. The molecule has 0 radical (unpaired) electrons. The molecule has 4 heteroatoms. The molecule has 110 valence electrons. The molecule has 1 saturated carbocycles. The molecule has 2 fully saturated rings. The first-order chi connectivity index (χ1) is 9.72. The van der Waals surface area contributed by atoms with E-state index in [0.717, 1.165) is 23.2 Å². The third kappa shape index (κ3) is 2.92. The van der Waals surface area contributed by atoms with Crippen LogP contribution in [0.1, 0.15) is 50.3 Å². The van der Waals surface area contributed by atoms with Gasteiger partial charge in [0.2, 0.25) is 0 Å².